The van der Waals surface area contributed by atoms with Gasteiger partial charge in [0, 0.05) is 50.6 Å². The van der Waals surface area contributed by atoms with Gasteiger partial charge < -0.3 is 14.5 Å². The van der Waals surface area contributed by atoms with Crippen LogP contribution in [0, 0.1) is 0 Å². The molecule has 2 fully saturated rings. The van der Waals surface area contributed by atoms with E-state index in [1.807, 2.05) is 6.92 Å². The van der Waals surface area contributed by atoms with Crippen molar-refractivity contribution in [2.24, 2.45) is 0 Å². The standard InChI is InChI=1S/C21H26F3N3O4/c1-2-3-10-31-20(30)27-8-6-26(7-9-27)17-5-4-14(11-16(17)21(22,23)24)15-12-18(28)25-19(29)13-15/h4-5,11,15H,2-3,6-10,12-13H2,1H3,(H,25,28,29). The van der Waals surface area contributed by atoms with Gasteiger partial charge in [0.1, 0.15) is 0 Å². The summed E-state index contributed by atoms with van der Waals surface area (Å²) in [5.41, 5.74) is -0.457. The van der Waals surface area contributed by atoms with E-state index in [9.17, 15) is 27.6 Å². The molecule has 0 radical (unpaired) electrons. The van der Waals surface area contributed by atoms with E-state index in [1.165, 1.54) is 11.0 Å². The molecule has 0 unspecified atom stereocenters. The summed E-state index contributed by atoms with van der Waals surface area (Å²) >= 11 is 0. The van der Waals surface area contributed by atoms with Crippen molar-refractivity contribution in [3.63, 3.8) is 0 Å². The number of anilines is 1. The highest BCUT2D eigenvalue weighted by molar-refractivity contribution is 5.98. The Kier molecular flexibility index (Phi) is 7.07. The summed E-state index contributed by atoms with van der Waals surface area (Å²) < 4.78 is 46.6. The molecule has 2 heterocycles. The molecular formula is C21H26F3N3O4. The van der Waals surface area contributed by atoms with E-state index in [1.54, 1.807) is 11.0 Å². The Hall–Kier alpha value is -2.78. The number of imide groups is 1. The number of piperazine rings is 1. The molecule has 0 atom stereocenters. The lowest BCUT2D eigenvalue weighted by molar-refractivity contribution is -0.137. The smallest absolute Gasteiger partial charge is 0.418 e. The number of amides is 3. The van der Waals surface area contributed by atoms with Gasteiger partial charge in [0.15, 0.2) is 0 Å². The molecule has 0 spiro atoms. The van der Waals surface area contributed by atoms with Crippen LogP contribution in [0.4, 0.5) is 23.7 Å². The maximum Gasteiger partial charge on any atom is 0.418 e. The van der Waals surface area contributed by atoms with Gasteiger partial charge in [0.25, 0.3) is 0 Å². The van der Waals surface area contributed by atoms with E-state index in [2.05, 4.69) is 5.32 Å². The molecular weight excluding hydrogens is 415 g/mol. The van der Waals surface area contributed by atoms with Crippen LogP contribution in [-0.2, 0) is 20.5 Å². The van der Waals surface area contributed by atoms with Crippen molar-refractivity contribution in [2.75, 3.05) is 37.7 Å². The predicted octanol–water partition coefficient (Wildman–Crippen LogP) is 3.28. The maximum atomic E-state index is 13.8. The van der Waals surface area contributed by atoms with Crippen LogP contribution in [0.5, 0.6) is 0 Å². The van der Waals surface area contributed by atoms with Gasteiger partial charge in [0.05, 0.1) is 12.2 Å². The fourth-order valence-corrected chi connectivity index (χ4v) is 3.85. The average molecular weight is 441 g/mol. The van der Waals surface area contributed by atoms with Crippen molar-refractivity contribution in [3.05, 3.63) is 29.3 Å². The van der Waals surface area contributed by atoms with Crippen molar-refractivity contribution < 1.29 is 32.3 Å². The van der Waals surface area contributed by atoms with Crippen LogP contribution < -0.4 is 10.2 Å². The molecule has 31 heavy (non-hydrogen) atoms. The van der Waals surface area contributed by atoms with Crippen molar-refractivity contribution in [1.82, 2.24) is 10.2 Å². The lowest BCUT2D eigenvalue weighted by Gasteiger charge is -2.37. The number of nitrogens with zero attached hydrogens (tertiary/aromatic N) is 2. The van der Waals surface area contributed by atoms with Gasteiger partial charge >= 0.3 is 12.3 Å². The molecule has 3 amide bonds. The minimum atomic E-state index is -4.59. The van der Waals surface area contributed by atoms with Crippen LogP contribution in [0.3, 0.4) is 0 Å². The zero-order valence-corrected chi connectivity index (χ0v) is 17.3. The first-order valence-corrected chi connectivity index (χ1v) is 10.4. The van der Waals surface area contributed by atoms with Crippen LogP contribution in [0.15, 0.2) is 18.2 Å². The van der Waals surface area contributed by atoms with Crippen LogP contribution in [0.2, 0.25) is 0 Å². The molecule has 170 valence electrons. The Morgan fingerprint density at radius 1 is 1.13 bits per heavy atom. The number of halogens is 3. The Bertz CT molecular complexity index is 820. The highest BCUT2D eigenvalue weighted by Crippen LogP contribution is 2.40. The van der Waals surface area contributed by atoms with Gasteiger partial charge in [-0.2, -0.15) is 13.2 Å². The van der Waals surface area contributed by atoms with Crippen LogP contribution in [0.25, 0.3) is 0 Å². The van der Waals surface area contributed by atoms with Crippen molar-refractivity contribution >= 4 is 23.6 Å². The number of carbonyl (C=O) groups is 3. The minimum absolute atomic E-state index is 0.0266. The van der Waals surface area contributed by atoms with Crippen molar-refractivity contribution in [3.8, 4) is 0 Å². The highest BCUT2D eigenvalue weighted by Gasteiger charge is 2.37. The quantitative estimate of drug-likeness (QED) is 0.561. The Morgan fingerprint density at radius 3 is 2.35 bits per heavy atom. The fourth-order valence-electron chi connectivity index (χ4n) is 3.85. The largest absolute Gasteiger partial charge is 0.449 e. The number of unbranched alkanes of at least 4 members (excludes halogenated alkanes) is 1. The van der Waals surface area contributed by atoms with E-state index in [0.717, 1.165) is 18.9 Å². The average Bonchev–Trinajstić information content (AvgIpc) is 2.72. The molecule has 1 aromatic carbocycles. The zero-order valence-electron chi connectivity index (χ0n) is 17.3. The van der Waals surface area contributed by atoms with Gasteiger partial charge in [-0.25, -0.2) is 4.79 Å². The zero-order chi connectivity index (χ0) is 22.6. The van der Waals surface area contributed by atoms with Crippen LogP contribution in [-0.4, -0.2) is 55.6 Å². The Balaban J connectivity index is 1.74. The maximum absolute atomic E-state index is 13.8. The van der Waals surface area contributed by atoms with Gasteiger partial charge in [-0.3, -0.25) is 14.9 Å². The molecule has 0 aromatic heterocycles. The van der Waals surface area contributed by atoms with Gasteiger partial charge in [-0.05, 0) is 24.1 Å². The number of hydrogen-bond donors (Lipinski definition) is 1. The number of nitrogens with one attached hydrogen (secondary N) is 1. The topological polar surface area (TPSA) is 79.0 Å². The van der Waals surface area contributed by atoms with Crippen LogP contribution in [0.1, 0.15) is 49.7 Å². The minimum Gasteiger partial charge on any atom is -0.449 e. The summed E-state index contributed by atoms with van der Waals surface area (Å²) in [4.78, 5) is 38.4. The predicted molar refractivity (Wildman–Crippen MR) is 107 cm³/mol. The lowest BCUT2D eigenvalue weighted by atomic mass is 9.88. The molecule has 7 nitrogen and oxygen atoms in total. The monoisotopic (exact) mass is 441 g/mol. The number of alkyl halides is 3. The summed E-state index contributed by atoms with van der Waals surface area (Å²) in [6.07, 6.45) is -3.43. The molecule has 0 bridgehead atoms. The van der Waals surface area contributed by atoms with E-state index < -0.39 is 35.6 Å². The number of rotatable bonds is 5. The number of ether oxygens (including phenoxy) is 1. The normalized spacial score (nSPS) is 18.2. The van der Waals surface area contributed by atoms with E-state index >= 15 is 0 Å². The van der Waals surface area contributed by atoms with Gasteiger partial charge in [0.2, 0.25) is 11.8 Å². The van der Waals surface area contributed by atoms with E-state index in [0.29, 0.717) is 12.2 Å². The Labute approximate surface area is 178 Å². The third-order valence-corrected chi connectivity index (χ3v) is 5.54. The molecule has 2 aliphatic heterocycles. The molecule has 2 saturated heterocycles. The first-order chi connectivity index (χ1) is 14.7. The molecule has 1 N–H and O–H groups in total. The van der Waals surface area contributed by atoms with Gasteiger partial charge in [-0.15, -0.1) is 0 Å². The number of piperidine rings is 1. The molecule has 0 saturated carbocycles. The SMILES string of the molecule is CCCCOC(=O)N1CCN(c2ccc(C3CC(=O)NC(=O)C3)cc2C(F)(F)F)CC1. The summed E-state index contributed by atoms with van der Waals surface area (Å²) in [6.45, 7) is 3.34. The summed E-state index contributed by atoms with van der Waals surface area (Å²) in [6, 6.07) is 3.98. The van der Waals surface area contributed by atoms with E-state index in [4.69, 9.17) is 4.74 Å². The number of carbonyl (C=O) groups excluding carboxylic acids is 3. The first kappa shape index (κ1) is 22.9. The summed E-state index contributed by atoms with van der Waals surface area (Å²) in [7, 11) is 0. The number of benzene rings is 1. The third-order valence-electron chi connectivity index (χ3n) is 5.54. The lowest BCUT2D eigenvalue weighted by Crippen LogP contribution is -2.49. The summed E-state index contributed by atoms with van der Waals surface area (Å²) in [5.74, 6) is -1.55. The molecule has 0 aliphatic carbocycles. The fraction of sp³-hybridized carbons (Fsp3) is 0.571. The molecule has 3 rings (SSSR count). The molecule has 10 heteroatoms. The van der Waals surface area contributed by atoms with Crippen molar-refractivity contribution in [1.29, 1.82) is 0 Å². The second-order valence-electron chi connectivity index (χ2n) is 7.79. The third kappa shape index (κ3) is 5.68. The van der Waals surface area contributed by atoms with Crippen LogP contribution >= 0.6 is 0 Å². The van der Waals surface area contributed by atoms with Crippen molar-refractivity contribution in [2.45, 2.75) is 44.7 Å². The van der Waals surface area contributed by atoms with Gasteiger partial charge in [-0.1, -0.05) is 19.4 Å². The number of hydrogen-bond acceptors (Lipinski definition) is 5. The first-order valence-electron chi connectivity index (χ1n) is 10.4. The summed E-state index contributed by atoms with van der Waals surface area (Å²) in [5, 5.41) is 2.17. The highest BCUT2D eigenvalue weighted by atomic mass is 19.4. The Morgan fingerprint density at radius 2 is 1.77 bits per heavy atom. The molecule has 1 aromatic rings. The second kappa shape index (κ2) is 9.57. The molecule has 2 aliphatic rings. The van der Waals surface area contributed by atoms with E-state index in [-0.39, 0.29) is 44.7 Å². The second-order valence-corrected chi connectivity index (χ2v) is 7.79.